The molecular weight excluding hydrogens is 310 g/mol. The molecule has 0 fully saturated rings. The molecule has 0 atom stereocenters. The van der Waals surface area contributed by atoms with E-state index in [0.717, 1.165) is 11.3 Å². The Kier molecular flexibility index (Phi) is 5.62. The normalized spacial score (nSPS) is 10.6. The van der Waals surface area contributed by atoms with E-state index in [9.17, 15) is 14.9 Å². The zero-order valence-electron chi connectivity index (χ0n) is 13.4. The maximum Gasteiger partial charge on any atom is 0.273 e. The molecule has 0 aliphatic heterocycles. The minimum absolute atomic E-state index is 0.0989. The Labute approximate surface area is 139 Å². The van der Waals surface area contributed by atoms with E-state index >= 15 is 0 Å². The van der Waals surface area contributed by atoms with E-state index in [1.54, 1.807) is 24.3 Å². The van der Waals surface area contributed by atoms with E-state index in [-0.39, 0.29) is 11.3 Å². The number of nitrogens with one attached hydrogen (secondary N) is 1. The summed E-state index contributed by atoms with van der Waals surface area (Å²) in [6, 6.07) is 11.6. The van der Waals surface area contributed by atoms with Crippen molar-refractivity contribution in [2.75, 3.05) is 6.61 Å². The third-order valence-corrected chi connectivity index (χ3v) is 3.32. The molecule has 0 heterocycles. The minimum atomic E-state index is -0.519. The summed E-state index contributed by atoms with van der Waals surface area (Å²) in [5.41, 5.74) is 3.58. The standard InChI is InChI=1S/C17H17N3O4/c1-3-24-14-9-7-13(8-10-14)11-18-19-17(21)15-5-4-6-16(12(15)2)20(22)23/h4-11H,3H2,1-2H3,(H,19,21)/b18-11+. The Morgan fingerprint density at radius 3 is 2.62 bits per heavy atom. The van der Waals surface area contributed by atoms with Crippen molar-refractivity contribution in [2.45, 2.75) is 13.8 Å². The molecule has 0 aromatic heterocycles. The van der Waals surface area contributed by atoms with Crippen LogP contribution in [0.25, 0.3) is 0 Å². The number of benzene rings is 2. The van der Waals surface area contributed by atoms with Crippen molar-refractivity contribution in [1.29, 1.82) is 0 Å². The van der Waals surface area contributed by atoms with Gasteiger partial charge in [0.2, 0.25) is 0 Å². The molecular formula is C17H17N3O4. The summed E-state index contributed by atoms with van der Waals surface area (Å²) in [5, 5.41) is 14.8. The summed E-state index contributed by atoms with van der Waals surface area (Å²) in [4.78, 5) is 22.5. The van der Waals surface area contributed by atoms with Gasteiger partial charge in [0, 0.05) is 11.6 Å². The molecule has 0 unspecified atom stereocenters. The van der Waals surface area contributed by atoms with Crippen LogP contribution in [-0.4, -0.2) is 23.7 Å². The smallest absolute Gasteiger partial charge is 0.273 e. The van der Waals surface area contributed by atoms with Crippen molar-refractivity contribution in [2.24, 2.45) is 5.10 Å². The molecule has 0 aliphatic carbocycles. The quantitative estimate of drug-likeness (QED) is 0.501. The van der Waals surface area contributed by atoms with Gasteiger partial charge in [0.25, 0.3) is 11.6 Å². The Balaban J connectivity index is 2.05. The summed E-state index contributed by atoms with van der Waals surface area (Å²) >= 11 is 0. The molecule has 0 aliphatic rings. The van der Waals surface area contributed by atoms with E-state index in [1.807, 2.05) is 6.92 Å². The van der Waals surface area contributed by atoms with Crippen molar-refractivity contribution < 1.29 is 14.5 Å². The largest absolute Gasteiger partial charge is 0.494 e. The number of hydrogen-bond acceptors (Lipinski definition) is 5. The number of nitro benzene ring substituents is 1. The third-order valence-electron chi connectivity index (χ3n) is 3.32. The summed E-state index contributed by atoms with van der Waals surface area (Å²) in [5.74, 6) is 0.254. The van der Waals surface area contributed by atoms with Crippen molar-refractivity contribution in [3.63, 3.8) is 0 Å². The zero-order valence-corrected chi connectivity index (χ0v) is 13.4. The second-order valence-corrected chi connectivity index (χ2v) is 4.91. The minimum Gasteiger partial charge on any atom is -0.494 e. The van der Waals surface area contributed by atoms with Crippen molar-refractivity contribution >= 4 is 17.8 Å². The number of nitro groups is 1. The lowest BCUT2D eigenvalue weighted by Gasteiger charge is -2.04. The molecule has 0 radical (unpaired) electrons. The van der Waals surface area contributed by atoms with E-state index in [0.29, 0.717) is 12.2 Å². The monoisotopic (exact) mass is 327 g/mol. The molecule has 1 N–H and O–H groups in total. The van der Waals surface area contributed by atoms with Crippen LogP contribution in [-0.2, 0) is 0 Å². The number of carbonyl (C=O) groups excluding carboxylic acids is 1. The molecule has 7 nitrogen and oxygen atoms in total. The van der Waals surface area contributed by atoms with E-state index < -0.39 is 10.8 Å². The average molecular weight is 327 g/mol. The van der Waals surface area contributed by atoms with Gasteiger partial charge in [-0.05, 0) is 49.7 Å². The SMILES string of the molecule is CCOc1ccc(/C=N/NC(=O)c2cccc([N+](=O)[O-])c2C)cc1. The molecule has 124 valence electrons. The van der Waals surface area contributed by atoms with Crippen LogP contribution in [0.15, 0.2) is 47.6 Å². The number of carbonyl (C=O) groups is 1. The first-order valence-corrected chi connectivity index (χ1v) is 7.33. The lowest BCUT2D eigenvalue weighted by atomic mass is 10.1. The summed E-state index contributed by atoms with van der Waals surface area (Å²) in [6.07, 6.45) is 1.49. The van der Waals surface area contributed by atoms with Crippen molar-refractivity contribution in [3.8, 4) is 5.75 Å². The molecule has 24 heavy (non-hydrogen) atoms. The highest BCUT2D eigenvalue weighted by Crippen LogP contribution is 2.20. The van der Waals surface area contributed by atoms with Gasteiger partial charge in [-0.3, -0.25) is 14.9 Å². The highest BCUT2D eigenvalue weighted by Gasteiger charge is 2.17. The number of hydrazone groups is 1. The predicted octanol–water partition coefficient (Wildman–Crippen LogP) is 3.07. The fraction of sp³-hybridized carbons (Fsp3) is 0.176. The van der Waals surface area contributed by atoms with Gasteiger partial charge in [0.1, 0.15) is 5.75 Å². The summed E-state index contributed by atoms with van der Waals surface area (Å²) < 4.78 is 5.34. The second-order valence-electron chi connectivity index (χ2n) is 4.91. The lowest BCUT2D eigenvalue weighted by Crippen LogP contribution is -2.19. The van der Waals surface area contributed by atoms with Crippen LogP contribution in [0, 0.1) is 17.0 Å². The molecule has 0 spiro atoms. The Morgan fingerprint density at radius 2 is 2.00 bits per heavy atom. The Morgan fingerprint density at radius 1 is 1.29 bits per heavy atom. The van der Waals surface area contributed by atoms with Crippen molar-refractivity contribution in [3.05, 3.63) is 69.3 Å². The van der Waals surface area contributed by atoms with Gasteiger partial charge < -0.3 is 4.74 Å². The molecule has 2 aromatic rings. The van der Waals surface area contributed by atoms with Crippen molar-refractivity contribution in [1.82, 2.24) is 5.43 Å². The van der Waals surface area contributed by atoms with Crippen LogP contribution < -0.4 is 10.2 Å². The highest BCUT2D eigenvalue weighted by molar-refractivity contribution is 5.97. The summed E-state index contributed by atoms with van der Waals surface area (Å²) in [6.45, 7) is 4.02. The van der Waals surface area contributed by atoms with Gasteiger partial charge in [0.05, 0.1) is 23.3 Å². The molecule has 0 saturated heterocycles. The van der Waals surface area contributed by atoms with Crippen LogP contribution in [0.4, 0.5) is 5.69 Å². The first-order valence-electron chi connectivity index (χ1n) is 7.33. The van der Waals surface area contributed by atoms with Crippen LogP contribution in [0.2, 0.25) is 0 Å². The fourth-order valence-electron chi connectivity index (χ4n) is 2.11. The lowest BCUT2D eigenvalue weighted by molar-refractivity contribution is -0.385. The summed E-state index contributed by atoms with van der Waals surface area (Å²) in [7, 11) is 0. The van der Waals surface area contributed by atoms with Gasteiger partial charge in [-0.2, -0.15) is 5.10 Å². The van der Waals surface area contributed by atoms with Crippen LogP contribution >= 0.6 is 0 Å². The Hall–Kier alpha value is -3.22. The molecule has 0 saturated carbocycles. The molecule has 2 aromatic carbocycles. The van der Waals surface area contributed by atoms with Crippen LogP contribution in [0.1, 0.15) is 28.4 Å². The van der Waals surface area contributed by atoms with Crippen LogP contribution in [0.3, 0.4) is 0 Å². The van der Waals surface area contributed by atoms with E-state index in [4.69, 9.17) is 4.74 Å². The van der Waals surface area contributed by atoms with Crippen LogP contribution in [0.5, 0.6) is 5.75 Å². The average Bonchev–Trinajstić information content (AvgIpc) is 2.56. The predicted molar refractivity (Wildman–Crippen MR) is 90.5 cm³/mol. The first kappa shape index (κ1) is 17.1. The van der Waals surface area contributed by atoms with Gasteiger partial charge in [-0.25, -0.2) is 5.43 Å². The van der Waals surface area contributed by atoms with Gasteiger partial charge >= 0.3 is 0 Å². The van der Waals surface area contributed by atoms with E-state index in [2.05, 4.69) is 10.5 Å². The first-order chi connectivity index (χ1) is 11.5. The number of hydrogen-bond donors (Lipinski definition) is 1. The fourth-order valence-corrected chi connectivity index (χ4v) is 2.11. The second kappa shape index (κ2) is 7.87. The molecule has 0 bridgehead atoms. The topological polar surface area (TPSA) is 93.8 Å². The molecule has 1 amide bonds. The van der Waals surface area contributed by atoms with Gasteiger partial charge in [-0.1, -0.05) is 6.07 Å². The maximum absolute atomic E-state index is 12.1. The number of ether oxygens (including phenoxy) is 1. The molecule has 7 heteroatoms. The Bertz CT molecular complexity index is 770. The molecule has 2 rings (SSSR count). The maximum atomic E-state index is 12.1. The zero-order chi connectivity index (χ0) is 17.5. The third kappa shape index (κ3) is 4.16. The van der Waals surface area contributed by atoms with Gasteiger partial charge in [-0.15, -0.1) is 0 Å². The highest BCUT2D eigenvalue weighted by atomic mass is 16.6. The number of nitrogens with zero attached hydrogens (tertiary/aromatic N) is 2. The number of amides is 1. The van der Waals surface area contributed by atoms with E-state index in [1.165, 1.54) is 31.3 Å². The van der Waals surface area contributed by atoms with Gasteiger partial charge in [0.15, 0.2) is 0 Å². The number of rotatable bonds is 6.